The SMILES string of the molecule is O.O.[Cl-].[NH4+]. The summed E-state index contributed by atoms with van der Waals surface area (Å²) in [5.74, 6) is 0. The molecule has 32 valence electrons. The van der Waals surface area contributed by atoms with Crippen LogP contribution >= 0.6 is 0 Å². The van der Waals surface area contributed by atoms with Crippen LogP contribution in [-0.4, -0.2) is 11.0 Å². The monoisotopic (exact) mass is 89.0 g/mol. The zero-order valence-corrected chi connectivity index (χ0v) is 3.13. The molecule has 4 heteroatoms. The van der Waals surface area contributed by atoms with E-state index >= 15 is 0 Å². The van der Waals surface area contributed by atoms with Gasteiger partial charge in [-0.3, -0.25) is 0 Å². The average Bonchev–Trinajstić information content (AvgIpc) is 0. The summed E-state index contributed by atoms with van der Waals surface area (Å²) in [6.45, 7) is 0. The molecule has 0 saturated carbocycles. The quantitative estimate of drug-likeness (QED) is 0.311. The van der Waals surface area contributed by atoms with Crippen LogP contribution in [-0.2, 0) is 0 Å². The van der Waals surface area contributed by atoms with E-state index in [9.17, 15) is 0 Å². The second-order valence-electron chi connectivity index (χ2n) is 0. The number of halogens is 1. The lowest BCUT2D eigenvalue weighted by atomic mass is 14.0. The molecular weight excluding hydrogens is 81.5 g/mol. The van der Waals surface area contributed by atoms with Crippen molar-refractivity contribution in [3.05, 3.63) is 0 Å². The molecule has 0 bridgehead atoms. The summed E-state index contributed by atoms with van der Waals surface area (Å²) in [5.41, 5.74) is 0. The van der Waals surface area contributed by atoms with Crippen LogP contribution in [0.3, 0.4) is 0 Å². The lowest BCUT2D eigenvalue weighted by Gasteiger charge is -1.00. The highest BCUT2D eigenvalue weighted by Gasteiger charge is -0.369. The summed E-state index contributed by atoms with van der Waals surface area (Å²) in [5, 5.41) is 0. The van der Waals surface area contributed by atoms with Gasteiger partial charge in [0.05, 0.1) is 0 Å². The van der Waals surface area contributed by atoms with E-state index in [0.717, 1.165) is 0 Å². The predicted octanol–water partition coefficient (Wildman–Crippen LogP) is -4.27. The molecular formula is H8ClNO2. The topological polar surface area (TPSA) is 99.5 Å². The van der Waals surface area contributed by atoms with Gasteiger partial charge >= 0.3 is 0 Å². The minimum atomic E-state index is 0. The maximum atomic E-state index is 0. The molecule has 0 atom stereocenters. The highest BCUT2D eigenvalue weighted by molar-refractivity contribution is 2.13. The van der Waals surface area contributed by atoms with Crippen LogP contribution in [0.25, 0.3) is 0 Å². The van der Waals surface area contributed by atoms with Crippen LogP contribution in [0.5, 0.6) is 0 Å². The fraction of sp³-hybridized carbons (Fsp3) is 0. The summed E-state index contributed by atoms with van der Waals surface area (Å²) >= 11 is 0. The highest BCUT2D eigenvalue weighted by atomic mass is 35.5. The molecule has 0 aromatic carbocycles. The Balaban J connectivity index is 0. The van der Waals surface area contributed by atoms with Crippen molar-refractivity contribution in [1.82, 2.24) is 6.15 Å². The Kier molecular flexibility index (Phi) is 187000. The van der Waals surface area contributed by atoms with E-state index in [2.05, 4.69) is 0 Å². The largest absolute Gasteiger partial charge is 1.00 e. The molecule has 4 heavy (non-hydrogen) atoms. The lowest BCUT2D eigenvalue weighted by Crippen LogP contribution is -3.00. The Morgan fingerprint density at radius 1 is 0.750 bits per heavy atom. The first-order chi connectivity index (χ1) is 0. The third-order valence-electron chi connectivity index (χ3n) is 0. The molecule has 0 heterocycles. The molecule has 3 nitrogen and oxygen atoms in total. The van der Waals surface area contributed by atoms with Crippen molar-refractivity contribution in [3.8, 4) is 0 Å². The first-order valence-corrected chi connectivity index (χ1v) is 0. The Bertz CT molecular complexity index is 6.00. The molecule has 0 unspecified atom stereocenters. The molecule has 0 aromatic heterocycles. The summed E-state index contributed by atoms with van der Waals surface area (Å²) in [6.07, 6.45) is 0. The van der Waals surface area contributed by atoms with Gasteiger partial charge in [-0.15, -0.1) is 0 Å². The molecule has 0 fully saturated rings. The van der Waals surface area contributed by atoms with Gasteiger partial charge in [-0.05, 0) is 0 Å². The zero-order chi connectivity index (χ0) is 0. The van der Waals surface area contributed by atoms with Crippen molar-refractivity contribution in [2.75, 3.05) is 0 Å². The van der Waals surface area contributed by atoms with Crippen LogP contribution in [0, 0.1) is 0 Å². The van der Waals surface area contributed by atoms with Crippen LogP contribution < -0.4 is 18.6 Å². The molecule has 0 aliphatic heterocycles. The van der Waals surface area contributed by atoms with Gasteiger partial charge in [-0.1, -0.05) is 0 Å². The van der Waals surface area contributed by atoms with E-state index in [1.807, 2.05) is 0 Å². The van der Waals surface area contributed by atoms with Gasteiger partial charge in [0.2, 0.25) is 0 Å². The van der Waals surface area contributed by atoms with Crippen molar-refractivity contribution >= 4 is 0 Å². The first kappa shape index (κ1) is 1450. The summed E-state index contributed by atoms with van der Waals surface area (Å²) < 4.78 is 0. The normalized spacial score (nSPS) is 0. The molecule has 0 saturated heterocycles. The number of rotatable bonds is 0. The Morgan fingerprint density at radius 2 is 0.750 bits per heavy atom. The molecule has 0 radical (unpaired) electrons. The maximum absolute atomic E-state index is 0. The van der Waals surface area contributed by atoms with Crippen molar-refractivity contribution in [1.29, 1.82) is 0 Å². The molecule has 0 spiro atoms. The van der Waals surface area contributed by atoms with Gasteiger partial charge in [0.15, 0.2) is 0 Å². The standard InChI is InChI=1S/ClH.H3N.2H2O/h1H;1H3;2*1H2. The molecule has 0 aromatic rings. The van der Waals surface area contributed by atoms with E-state index in [4.69, 9.17) is 0 Å². The van der Waals surface area contributed by atoms with Gasteiger partial charge in [0.1, 0.15) is 0 Å². The lowest BCUT2D eigenvalue weighted by molar-refractivity contribution is -0.00000289. The van der Waals surface area contributed by atoms with Gasteiger partial charge in [0, 0.05) is 0 Å². The zero-order valence-electron chi connectivity index (χ0n) is 2.38. The Hall–Kier alpha value is 0.170. The van der Waals surface area contributed by atoms with Crippen LogP contribution in [0.2, 0.25) is 0 Å². The Labute approximate surface area is 30.6 Å². The summed E-state index contributed by atoms with van der Waals surface area (Å²) in [6, 6.07) is 0. The fourth-order valence-corrected chi connectivity index (χ4v) is 0. The van der Waals surface area contributed by atoms with Gasteiger partial charge in [-0.2, -0.15) is 0 Å². The van der Waals surface area contributed by atoms with Crippen LogP contribution in [0.15, 0.2) is 0 Å². The minimum absolute atomic E-state index is 0. The molecule has 0 aliphatic carbocycles. The fourth-order valence-electron chi connectivity index (χ4n) is 0. The second kappa shape index (κ2) is 517. The van der Waals surface area contributed by atoms with Crippen LogP contribution in [0.4, 0.5) is 0 Å². The average molecular weight is 89.5 g/mol. The number of hydrogen-bond acceptors (Lipinski definition) is 0. The van der Waals surface area contributed by atoms with E-state index in [-0.39, 0.29) is 29.5 Å². The smallest absolute Gasteiger partial charge is 0.369 e. The summed E-state index contributed by atoms with van der Waals surface area (Å²) in [7, 11) is 0. The van der Waals surface area contributed by atoms with Crippen molar-refractivity contribution < 1.29 is 23.4 Å². The highest BCUT2D eigenvalue weighted by Crippen LogP contribution is -0.288. The van der Waals surface area contributed by atoms with Gasteiger partial charge < -0.3 is 29.5 Å². The third-order valence-corrected chi connectivity index (χ3v) is 0. The van der Waals surface area contributed by atoms with E-state index in [1.54, 1.807) is 0 Å². The van der Waals surface area contributed by atoms with E-state index in [1.165, 1.54) is 0 Å². The van der Waals surface area contributed by atoms with Crippen molar-refractivity contribution in [2.45, 2.75) is 0 Å². The maximum Gasteiger partial charge on any atom is -0.369 e. The molecule has 8 N–H and O–H groups in total. The van der Waals surface area contributed by atoms with Gasteiger partial charge in [-0.25, -0.2) is 0 Å². The van der Waals surface area contributed by atoms with E-state index < -0.39 is 0 Å². The third kappa shape index (κ3) is 103. The Morgan fingerprint density at radius 3 is 0.750 bits per heavy atom. The molecule has 0 amide bonds. The van der Waals surface area contributed by atoms with E-state index in [0.29, 0.717) is 0 Å². The number of quaternary nitrogens is 1. The molecule has 0 aliphatic rings. The van der Waals surface area contributed by atoms with Gasteiger partial charge in [0.25, 0.3) is 0 Å². The molecule has 0 rings (SSSR count). The second-order valence-corrected chi connectivity index (χ2v) is 0. The summed E-state index contributed by atoms with van der Waals surface area (Å²) in [4.78, 5) is 0. The minimum Gasteiger partial charge on any atom is -1.00 e. The van der Waals surface area contributed by atoms with Crippen molar-refractivity contribution in [3.63, 3.8) is 0 Å². The first-order valence-electron chi connectivity index (χ1n) is 0. The van der Waals surface area contributed by atoms with Crippen molar-refractivity contribution in [2.24, 2.45) is 0 Å². The number of hydrogen-bond donors (Lipinski definition) is 1. The predicted molar refractivity (Wildman–Crippen MR) is 13.2 cm³/mol. The van der Waals surface area contributed by atoms with Crippen LogP contribution in [0.1, 0.15) is 0 Å².